The van der Waals surface area contributed by atoms with Gasteiger partial charge in [-0.3, -0.25) is 0 Å². The van der Waals surface area contributed by atoms with Gasteiger partial charge in [0.1, 0.15) is 0 Å². The molecule has 5 aromatic carbocycles. The Kier molecular flexibility index (Phi) is 6.36. The number of sulfone groups is 1. The number of benzene rings is 5. The molecule has 1 aliphatic heterocycles. The number of rotatable bonds is 4. The van der Waals surface area contributed by atoms with E-state index in [2.05, 4.69) is 36.4 Å². The van der Waals surface area contributed by atoms with Crippen molar-refractivity contribution in [3.05, 3.63) is 144 Å². The summed E-state index contributed by atoms with van der Waals surface area (Å²) in [7, 11) is -3.66. The van der Waals surface area contributed by atoms with Gasteiger partial charge in [-0.25, -0.2) is 8.42 Å². The molecule has 4 nitrogen and oxygen atoms in total. The Bertz CT molecular complexity index is 2210. The molecule has 47 heavy (non-hydrogen) atoms. The quantitative estimate of drug-likeness (QED) is 0.194. The van der Waals surface area contributed by atoms with Gasteiger partial charge in [-0.15, -0.1) is 0 Å². The molecule has 1 spiro atoms. The third-order valence-corrected chi connectivity index (χ3v) is 13.7. The Hall–Kier alpha value is -4.61. The zero-order valence-corrected chi connectivity index (χ0v) is 27.1. The van der Waals surface area contributed by atoms with Crippen molar-refractivity contribution in [3.8, 4) is 11.1 Å². The minimum atomic E-state index is -3.66. The molecule has 5 heteroatoms. The molecule has 0 unspecified atom stereocenters. The maximum atomic E-state index is 14.3. The van der Waals surface area contributed by atoms with Crippen LogP contribution in [0.5, 0.6) is 0 Å². The SMILES string of the molecule is N/C(=C\C=C(/N)c1cccc2ccccc12)c1ccc(-c2ccc3c(c2)S(=O)(=O)c2ccccc2C32C3CC4CC(C3)CC2C4)cc1. The molecular formula is C42H38N2O2S. The second-order valence-electron chi connectivity index (χ2n) is 14.2. The molecular weight excluding hydrogens is 597 g/mol. The first-order valence-electron chi connectivity index (χ1n) is 16.8. The number of nitrogens with two attached hydrogens (primary N) is 2. The van der Waals surface area contributed by atoms with E-state index in [0.717, 1.165) is 56.0 Å². The van der Waals surface area contributed by atoms with Crippen LogP contribution in [0.4, 0.5) is 0 Å². The third kappa shape index (κ3) is 4.22. The summed E-state index contributed by atoms with van der Waals surface area (Å²) >= 11 is 0. The minimum Gasteiger partial charge on any atom is -0.398 e. The van der Waals surface area contributed by atoms with Crippen LogP contribution in [0.1, 0.15) is 54.4 Å². The molecule has 4 aliphatic carbocycles. The maximum absolute atomic E-state index is 14.3. The van der Waals surface area contributed by atoms with Gasteiger partial charge in [-0.05, 0) is 119 Å². The lowest BCUT2D eigenvalue weighted by Crippen LogP contribution is -2.57. The van der Waals surface area contributed by atoms with Crippen LogP contribution in [0.15, 0.2) is 131 Å². The summed E-state index contributed by atoms with van der Waals surface area (Å²) in [6, 6.07) is 36.5. The van der Waals surface area contributed by atoms with Crippen molar-refractivity contribution in [2.24, 2.45) is 35.1 Å². The van der Waals surface area contributed by atoms with Gasteiger partial charge in [0, 0.05) is 22.4 Å². The zero-order valence-electron chi connectivity index (χ0n) is 26.3. The first kappa shape index (κ1) is 28.6. The van der Waals surface area contributed by atoms with E-state index in [1.165, 1.54) is 32.1 Å². The van der Waals surface area contributed by atoms with E-state index in [1.54, 1.807) is 0 Å². The van der Waals surface area contributed by atoms with Crippen molar-refractivity contribution in [2.45, 2.75) is 47.3 Å². The van der Waals surface area contributed by atoms with Gasteiger partial charge < -0.3 is 11.5 Å². The van der Waals surface area contributed by atoms with E-state index >= 15 is 0 Å². The highest BCUT2D eigenvalue weighted by atomic mass is 32.2. The maximum Gasteiger partial charge on any atom is 0.207 e. The van der Waals surface area contributed by atoms with Crippen LogP contribution in [-0.4, -0.2) is 8.42 Å². The summed E-state index contributed by atoms with van der Waals surface area (Å²) < 4.78 is 28.6. The zero-order chi connectivity index (χ0) is 31.9. The molecule has 5 aliphatic rings. The van der Waals surface area contributed by atoms with E-state index in [-0.39, 0.29) is 5.41 Å². The highest BCUT2D eigenvalue weighted by molar-refractivity contribution is 7.91. The fourth-order valence-corrected chi connectivity index (χ4v) is 11.9. The lowest BCUT2D eigenvalue weighted by atomic mass is 9.42. The standard InChI is InChI=1S/C42H38N2O2S/c43-38(18-19-39(44)35-9-5-7-29-6-1-2-8-34(29)35)30-14-12-28(13-15-30)31-16-17-37-41(25-31)47(45,46)40-11-4-3-10-36(40)42(37)32-21-26-20-27(23-32)24-33(42)22-26/h1-19,25-27,32-33H,20-24,43-44H2/b38-18-,39-19-. The minimum absolute atomic E-state index is 0.215. The molecule has 4 saturated carbocycles. The summed E-state index contributed by atoms with van der Waals surface area (Å²) in [5.41, 5.74) is 19.9. The summed E-state index contributed by atoms with van der Waals surface area (Å²) in [4.78, 5) is 1.01. The summed E-state index contributed by atoms with van der Waals surface area (Å²) in [6.45, 7) is 0. The van der Waals surface area contributed by atoms with Crippen molar-refractivity contribution >= 4 is 32.0 Å². The molecule has 0 saturated heterocycles. The highest BCUT2D eigenvalue weighted by Gasteiger charge is 2.62. The Morgan fingerprint density at radius 3 is 2.00 bits per heavy atom. The topological polar surface area (TPSA) is 86.2 Å². The van der Waals surface area contributed by atoms with E-state index in [0.29, 0.717) is 33.0 Å². The van der Waals surface area contributed by atoms with Gasteiger partial charge in [0.15, 0.2) is 0 Å². The molecule has 4 bridgehead atoms. The van der Waals surface area contributed by atoms with Gasteiger partial charge in [0.25, 0.3) is 0 Å². The monoisotopic (exact) mass is 634 g/mol. The first-order valence-corrected chi connectivity index (χ1v) is 18.3. The fourth-order valence-electron chi connectivity index (χ4n) is 10.1. The second kappa shape index (κ2) is 10.4. The predicted octanol–water partition coefficient (Wildman–Crippen LogP) is 8.69. The van der Waals surface area contributed by atoms with Crippen LogP contribution in [0.25, 0.3) is 33.3 Å². The average molecular weight is 635 g/mol. The lowest BCUT2D eigenvalue weighted by molar-refractivity contribution is -0.0446. The van der Waals surface area contributed by atoms with Crippen molar-refractivity contribution in [3.63, 3.8) is 0 Å². The van der Waals surface area contributed by atoms with Crippen molar-refractivity contribution in [1.82, 2.24) is 0 Å². The summed E-state index contributed by atoms with van der Waals surface area (Å²) in [6.07, 6.45) is 9.90. The highest BCUT2D eigenvalue weighted by Crippen LogP contribution is 2.68. The van der Waals surface area contributed by atoms with Gasteiger partial charge in [-0.1, -0.05) is 97.1 Å². The van der Waals surface area contributed by atoms with Crippen LogP contribution in [0, 0.1) is 23.7 Å². The Morgan fingerprint density at radius 2 is 1.23 bits per heavy atom. The Labute approximate surface area is 276 Å². The normalized spacial score (nSPS) is 27.1. The first-order chi connectivity index (χ1) is 22.8. The largest absolute Gasteiger partial charge is 0.398 e. The van der Waals surface area contributed by atoms with E-state index in [9.17, 15) is 8.42 Å². The van der Waals surface area contributed by atoms with Crippen molar-refractivity contribution in [2.75, 3.05) is 0 Å². The van der Waals surface area contributed by atoms with Crippen LogP contribution in [0.3, 0.4) is 0 Å². The van der Waals surface area contributed by atoms with Gasteiger partial charge in [-0.2, -0.15) is 0 Å². The van der Waals surface area contributed by atoms with E-state index < -0.39 is 9.84 Å². The lowest BCUT2D eigenvalue weighted by Gasteiger charge is -2.63. The van der Waals surface area contributed by atoms with Crippen molar-refractivity contribution in [1.29, 1.82) is 0 Å². The Balaban J connectivity index is 1.07. The van der Waals surface area contributed by atoms with Crippen molar-refractivity contribution < 1.29 is 8.42 Å². The molecule has 1 heterocycles. The molecule has 0 aromatic heterocycles. The average Bonchev–Trinajstić information content (AvgIpc) is 3.10. The predicted molar refractivity (Wildman–Crippen MR) is 190 cm³/mol. The molecule has 5 aromatic rings. The molecule has 4 fully saturated rings. The van der Waals surface area contributed by atoms with Gasteiger partial charge in [0.05, 0.1) is 9.79 Å². The molecule has 0 atom stereocenters. The number of hydrogen-bond acceptors (Lipinski definition) is 4. The summed E-state index contributed by atoms with van der Waals surface area (Å²) in [5, 5.41) is 2.24. The molecule has 0 radical (unpaired) electrons. The smallest absolute Gasteiger partial charge is 0.207 e. The van der Waals surface area contributed by atoms with Gasteiger partial charge >= 0.3 is 0 Å². The van der Waals surface area contributed by atoms with Crippen LogP contribution < -0.4 is 11.5 Å². The third-order valence-electron chi connectivity index (χ3n) is 11.9. The summed E-state index contributed by atoms with van der Waals surface area (Å²) in [5.74, 6) is 2.58. The second-order valence-corrected chi connectivity index (χ2v) is 16.1. The number of allylic oxidation sites excluding steroid dienone is 2. The molecule has 10 rings (SSSR count). The van der Waals surface area contributed by atoms with Crippen LogP contribution in [-0.2, 0) is 15.3 Å². The van der Waals surface area contributed by atoms with Crippen LogP contribution in [0.2, 0.25) is 0 Å². The molecule has 0 amide bonds. The fraction of sp³-hybridized carbons (Fsp3) is 0.238. The molecule has 4 N–H and O–H groups in total. The number of hydrogen-bond donors (Lipinski definition) is 2. The van der Waals surface area contributed by atoms with E-state index in [1.807, 2.05) is 84.9 Å². The Morgan fingerprint density at radius 1 is 0.617 bits per heavy atom. The molecule has 234 valence electrons. The number of fused-ring (bicyclic) bond motifs is 3. The van der Waals surface area contributed by atoms with Gasteiger partial charge in [0.2, 0.25) is 9.84 Å². The van der Waals surface area contributed by atoms with E-state index in [4.69, 9.17) is 11.5 Å². The van der Waals surface area contributed by atoms with Crippen LogP contribution >= 0.6 is 0 Å².